The first kappa shape index (κ1) is 24.4. The number of nitrogens with two attached hydrogens (primary N) is 1. The molecule has 32 heavy (non-hydrogen) atoms. The molecule has 0 aliphatic heterocycles. The molecule has 1 heterocycles. The van der Waals surface area contributed by atoms with Gasteiger partial charge in [-0.05, 0) is 69.6 Å². The summed E-state index contributed by atoms with van der Waals surface area (Å²) in [6.07, 6.45) is 9.01. The van der Waals surface area contributed by atoms with Gasteiger partial charge < -0.3 is 16.2 Å². The zero-order valence-electron chi connectivity index (χ0n) is 18.3. The Morgan fingerprint density at radius 1 is 1.34 bits per heavy atom. The topological polar surface area (TPSA) is 135 Å². The van der Waals surface area contributed by atoms with Gasteiger partial charge in [-0.2, -0.15) is 0 Å². The Bertz CT molecular complexity index is 1100. The van der Waals surface area contributed by atoms with E-state index in [0.717, 1.165) is 50.5 Å². The van der Waals surface area contributed by atoms with Gasteiger partial charge in [0, 0.05) is 18.1 Å². The molecule has 0 unspecified atom stereocenters. The first-order valence-corrected chi connectivity index (χ1v) is 12.9. The van der Waals surface area contributed by atoms with Crippen molar-refractivity contribution in [2.24, 2.45) is 11.7 Å². The lowest BCUT2D eigenvalue weighted by molar-refractivity contribution is 0.00673. The minimum atomic E-state index is -3.45. The summed E-state index contributed by atoms with van der Waals surface area (Å²) in [5.41, 5.74) is 6.09. The Labute approximate surface area is 193 Å². The van der Waals surface area contributed by atoms with Crippen molar-refractivity contribution in [3.05, 3.63) is 40.8 Å². The zero-order valence-corrected chi connectivity index (χ0v) is 19.8. The maximum absolute atomic E-state index is 11.8. The maximum atomic E-state index is 11.8. The van der Waals surface area contributed by atoms with Crippen molar-refractivity contribution in [2.75, 3.05) is 11.6 Å². The molecule has 1 aromatic heterocycles. The second-order valence-electron chi connectivity index (χ2n) is 8.80. The highest BCUT2D eigenvalue weighted by molar-refractivity contribution is 7.90. The summed E-state index contributed by atoms with van der Waals surface area (Å²) in [5.74, 6) is 0.0766. The molecule has 4 N–H and O–H groups in total. The van der Waals surface area contributed by atoms with E-state index >= 15 is 0 Å². The molecule has 1 aliphatic rings. The lowest BCUT2D eigenvalue weighted by atomic mass is 9.78. The number of hydrogen-bond acceptors (Lipinski definition) is 7. The summed E-state index contributed by atoms with van der Waals surface area (Å²) in [5, 5.41) is 13.1. The van der Waals surface area contributed by atoms with Gasteiger partial charge in [0.2, 0.25) is 0 Å². The average Bonchev–Trinajstić information content (AvgIpc) is 2.68. The van der Waals surface area contributed by atoms with E-state index < -0.39 is 21.3 Å². The number of aromatic nitrogens is 2. The number of anilines is 2. The highest BCUT2D eigenvalue weighted by Crippen LogP contribution is 2.34. The van der Waals surface area contributed by atoms with Crippen LogP contribution in [0, 0.1) is 5.92 Å². The molecular weight excluding hydrogens is 452 g/mol. The minimum Gasteiger partial charge on any atom is -0.390 e. The molecule has 0 saturated heterocycles. The number of nitrogens with zero attached hydrogens (tertiary/aromatic N) is 2. The lowest BCUT2D eigenvalue weighted by Gasteiger charge is -2.33. The van der Waals surface area contributed by atoms with E-state index in [1.54, 1.807) is 12.3 Å². The third-order valence-electron chi connectivity index (χ3n) is 5.88. The third kappa shape index (κ3) is 6.40. The monoisotopic (exact) mass is 480 g/mol. The minimum absolute atomic E-state index is 0.00780. The Balaban J connectivity index is 1.70. The van der Waals surface area contributed by atoms with E-state index in [9.17, 15) is 18.3 Å². The number of halogens is 1. The van der Waals surface area contributed by atoms with Crippen LogP contribution < -0.4 is 11.1 Å². The van der Waals surface area contributed by atoms with Crippen LogP contribution in [0.3, 0.4) is 0 Å². The summed E-state index contributed by atoms with van der Waals surface area (Å²) >= 11 is 6.11. The molecule has 0 spiro atoms. The number of carbonyl (C=O) groups is 1. The van der Waals surface area contributed by atoms with Crippen LogP contribution in [0.5, 0.6) is 0 Å². The summed E-state index contributed by atoms with van der Waals surface area (Å²) < 4.78 is 23.5. The summed E-state index contributed by atoms with van der Waals surface area (Å²) in [4.78, 5) is 20.5. The first-order valence-electron chi connectivity index (χ1n) is 10.6. The van der Waals surface area contributed by atoms with Crippen LogP contribution in [0.1, 0.15) is 61.6 Å². The van der Waals surface area contributed by atoms with Crippen molar-refractivity contribution in [3.63, 3.8) is 0 Å². The molecule has 1 saturated carbocycles. The van der Waals surface area contributed by atoms with Crippen LogP contribution in [-0.2, 0) is 16.3 Å². The average molecular weight is 481 g/mol. The second-order valence-corrected chi connectivity index (χ2v) is 11.2. The molecule has 1 aliphatic carbocycles. The van der Waals surface area contributed by atoms with Gasteiger partial charge in [0.1, 0.15) is 0 Å². The van der Waals surface area contributed by atoms with Crippen molar-refractivity contribution in [1.82, 2.24) is 9.97 Å². The van der Waals surface area contributed by atoms with Crippen LogP contribution in [0.25, 0.3) is 0 Å². The number of benzene rings is 1. The van der Waals surface area contributed by atoms with Gasteiger partial charge in [-0.15, -0.1) is 0 Å². The number of aliphatic hydroxyl groups is 1. The number of hydrogen-bond donors (Lipinski definition) is 3. The maximum Gasteiger partial charge on any atom is 0.271 e. The van der Waals surface area contributed by atoms with Crippen molar-refractivity contribution in [1.29, 1.82) is 0 Å². The Morgan fingerprint density at radius 3 is 2.62 bits per heavy atom. The number of nitrogens with one attached hydrogen (secondary N) is 1. The molecule has 0 atom stereocenters. The van der Waals surface area contributed by atoms with Gasteiger partial charge in [0.15, 0.2) is 21.3 Å². The molecule has 2 aromatic rings. The van der Waals surface area contributed by atoms with E-state index in [0.29, 0.717) is 18.0 Å². The zero-order chi connectivity index (χ0) is 23.5. The second kappa shape index (κ2) is 9.72. The quantitative estimate of drug-likeness (QED) is 0.524. The lowest BCUT2D eigenvalue weighted by Crippen LogP contribution is -2.30. The SMILES string of the molecule is CC1(O)CCC(CCCc2cnc(C(N)=O)c(Nc3ccc(S(C)(=O)=O)c(Cl)c3)n2)CC1. The number of amides is 1. The molecule has 0 radical (unpaired) electrons. The van der Waals surface area contributed by atoms with Gasteiger partial charge in [-0.3, -0.25) is 4.79 Å². The molecule has 0 bridgehead atoms. The van der Waals surface area contributed by atoms with E-state index in [4.69, 9.17) is 17.3 Å². The number of carbonyl (C=O) groups excluding carboxylic acids is 1. The van der Waals surface area contributed by atoms with Crippen molar-refractivity contribution < 1.29 is 18.3 Å². The van der Waals surface area contributed by atoms with Crippen molar-refractivity contribution in [3.8, 4) is 0 Å². The predicted molar refractivity (Wildman–Crippen MR) is 124 cm³/mol. The number of rotatable bonds is 8. The van der Waals surface area contributed by atoms with E-state index in [1.165, 1.54) is 12.1 Å². The molecule has 1 fully saturated rings. The van der Waals surface area contributed by atoms with Crippen molar-refractivity contribution >= 4 is 38.9 Å². The van der Waals surface area contributed by atoms with E-state index in [1.807, 2.05) is 6.92 Å². The third-order valence-corrected chi connectivity index (χ3v) is 7.46. The van der Waals surface area contributed by atoms with Crippen LogP contribution in [-0.4, -0.2) is 41.3 Å². The molecule has 1 aromatic carbocycles. The normalized spacial score (nSPS) is 21.3. The molecule has 3 rings (SSSR count). The molecular formula is C22H29ClN4O4S. The van der Waals surface area contributed by atoms with Gasteiger partial charge >= 0.3 is 0 Å². The number of primary amides is 1. The Hall–Kier alpha value is -2.23. The molecule has 8 nitrogen and oxygen atoms in total. The van der Waals surface area contributed by atoms with Crippen LogP contribution in [0.4, 0.5) is 11.5 Å². The number of sulfone groups is 1. The fourth-order valence-corrected chi connectivity index (χ4v) is 5.32. The van der Waals surface area contributed by atoms with Gasteiger partial charge in [0.25, 0.3) is 5.91 Å². The molecule has 174 valence electrons. The van der Waals surface area contributed by atoms with E-state index in [2.05, 4.69) is 15.3 Å². The standard InChI is InChI=1S/C22H29ClN4O4S/c1-22(29)10-8-14(9-11-22)4-3-5-16-13-25-19(20(24)28)21(27-16)26-15-6-7-18(17(23)12-15)32(2,30)31/h6-7,12-14,29H,3-5,8-11H2,1-2H3,(H2,24,28)(H,26,27). The van der Waals surface area contributed by atoms with Crippen LogP contribution >= 0.6 is 11.6 Å². The number of aryl methyl sites for hydroxylation is 1. The van der Waals surface area contributed by atoms with Gasteiger partial charge in [-0.25, -0.2) is 18.4 Å². The smallest absolute Gasteiger partial charge is 0.271 e. The Morgan fingerprint density at radius 2 is 2.03 bits per heavy atom. The van der Waals surface area contributed by atoms with Gasteiger partial charge in [-0.1, -0.05) is 18.0 Å². The fraction of sp³-hybridized carbons (Fsp3) is 0.500. The van der Waals surface area contributed by atoms with E-state index in [-0.39, 0.29) is 21.4 Å². The largest absolute Gasteiger partial charge is 0.390 e. The molecule has 10 heteroatoms. The summed E-state index contributed by atoms with van der Waals surface area (Å²) in [6, 6.07) is 4.39. The molecule has 1 amide bonds. The first-order chi connectivity index (χ1) is 14.9. The fourth-order valence-electron chi connectivity index (χ4n) is 3.99. The highest BCUT2D eigenvalue weighted by atomic mass is 35.5. The highest BCUT2D eigenvalue weighted by Gasteiger charge is 2.28. The Kier molecular flexibility index (Phi) is 7.42. The summed E-state index contributed by atoms with van der Waals surface area (Å²) in [7, 11) is -3.45. The van der Waals surface area contributed by atoms with Crippen LogP contribution in [0.15, 0.2) is 29.3 Å². The van der Waals surface area contributed by atoms with Crippen LogP contribution in [0.2, 0.25) is 5.02 Å². The van der Waals surface area contributed by atoms with Gasteiger partial charge in [0.05, 0.1) is 21.2 Å². The summed E-state index contributed by atoms with van der Waals surface area (Å²) in [6.45, 7) is 1.90. The predicted octanol–water partition coefficient (Wildman–Crippen LogP) is 3.64. The van der Waals surface area contributed by atoms with Crippen molar-refractivity contribution in [2.45, 2.75) is 62.4 Å².